The molecule has 5 heteroatoms. The van der Waals surface area contributed by atoms with E-state index in [-0.39, 0.29) is 0 Å². The number of nitrogens with zero attached hydrogens (tertiary/aromatic N) is 3. The zero-order chi connectivity index (χ0) is 13.7. The van der Waals surface area contributed by atoms with Crippen molar-refractivity contribution < 1.29 is 0 Å². The van der Waals surface area contributed by atoms with Crippen molar-refractivity contribution in [3.8, 4) is 12.1 Å². The Morgan fingerprint density at radius 3 is 2.74 bits per heavy atom. The molecule has 92 valence electrons. The first-order chi connectivity index (χ1) is 9.24. The van der Waals surface area contributed by atoms with Gasteiger partial charge in [-0.2, -0.15) is 10.5 Å². The quantitative estimate of drug-likeness (QED) is 0.928. The summed E-state index contributed by atoms with van der Waals surface area (Å²) in [7, 11) is 0. The molecule has 0 radical (unpaired) electrons. The van der Waals surface area contributed by atoms with Gasteiger partial charge in [0.05, 0.1) is 22.3 Å². The van der Waals surface area contributed by atoms with Crippen LogP contribution in [-0.2, 0) is 6.54 Å². The molecule has 1 N–H and O–H groups in total. The van der Waals surface area contributed by atoms with Crippen molar-refractivity contribution in [2.75, 3.05) is 5.32 Å². The van der Waals surface area contributed by atoms with E-state index in [0.29, 0.717) is 28.5 Å². The smallest absolute Gasteiger partial charge is 0.145 e. The summed E-state index contributed by atoms with van der Waals surface area (Å²) in [6.45, 7) is 0.447. The third-order valence-electron chi connectivity index (χ3n) is 2.56. The van der Waals surface area contributed by atoms with Crippen LogP contribution < -0.4 is 5.32 Å². The topological polar surface area (TPSA) is 72.5 Å². The van der Waals surface area contributed by atoms with Gasteiger partial charge in [-0.3, -0.25) is 0 Å². The van der Waals surface area contributed by atoms with Crippen LogP contribution in [0.15, 0.2) is 36.5 Å². The second kappa shape index (κ2) is 5.86. The van der Waals surface area contributed by atoms with E-state index in [0.717, 1.165) is 5.56 Å². The second-order valence-corrected chi connectivity index (χ2v) is 4.19. The minimum atomic E-state index is 0.389. The molecule has 0 aliphatic carbocycles. The Labute approximate surface area is 115 Å². The highest BCUT2D eigenvalue weighted by atomic mass is 35.5. The summed E-state index contributed by atoms with van der Waals surface area (Å²) in [5, 5.41) is 21.3. The van der Waals surface area contributed by atoms with Crippen LogP contribution in [0.3, 0.4) is 0 Å². The maximum atomic E-state index is 8.94. The zero-order valence-corrected chi connectivity index (χ0v) is 10.6. The highest BCUT2D eigenvalue weighted by molar-refractivity contribution is 6.33. The standard InChI is InChI=1S/C14H9ClN4/c15-12-6-10(7-16)3-4-13(12)19-9-11-2-1-5-18-14(11)8-17/h1-6,19H,9H2. The molecule has 0 atom stereocenters. The Balaban J connectivity index is 2.16. The first-order valence-electron chi connectivity index (χ1n) is 5.52. The monoisotopic (exact) mass is 268 g/mol. The van der Waals surface area contributed by atoms with Gasteiger partial charge in [0.15, 0.2) is 0 Å². The fourth-order valence-corrected chi connectivity index (χ4v) is 1.85. The number of benzene rings is 1. The lowest BCUT2D eigenvalue weighted by Gasteiger charge is -2.09. The molecule has 1 heterocycles. The van der Waals surface area contributed by atoms with Crippen molar-refractivity contribution in [1.29, 1.82) is 10.5 Å². The van der Waals surface area contributed by atoms with Gasteiger partial charge in [-0.25, -0.2) is 4.98 Å². The summed E-state index contributed by atoms with van der Waals surface area (Å²) in [6, 6.07) is 12.7. The number of rotatable bonds is 3. The highest BCUT2D eigenvalue weighted by Gasteiger charge is 2.05. The van der Waals surface area contributed by atoms with Crippen molar-refractivity contribution in [1.82, 2.24) is 4.98 Å². The summed E-state index contributed by atoms with van der Waals surface area (Å²) < 4.78 is 0. The Morgan fingerprint density at radius 2 is 2.05 bits per heavy atom. The average molecular weight is 269 g/mol. The Kier molecular flexibility index (Phi) is 3.97. The van der Waals surface area contributed by atoms with Gasteiger partial charge in [0, 0.05) is 18.3 Å². The van der Waals surface area contributed by atoms with Gasteiger partial charge < -0.3 is 5.32 Å². The van der Waals surface area contributed by atoms with Crippen LogP contribution in [0.2, 0.25) is 5.02 Å². The van der Waals surface area contributed by atoms with Crippen LogP contribution in [-0.4, -0.2) is 4.98 Å². The first kappa shape index (κ1) is 12.9. The molecule has 0 saturated carbocycles. The summed E-state index contributed by atoms with van der Waals surface area (Å²) in [5.41, 5.74) is 2.41. The number of anilines is 1. The van der Waals surface area contributed by atoms with E-state index < -0.39 is 0 Å². The summed E-state index contributed by atoms with van der Waals surface area (Å²) in [4.78, 5) is 3.98. The largest absolute Gasteiger partial charge is 0.380 e. The van der Waals surface area contributed by atoms with E-state index in [1.54, 1.807) is 30.5 Å². The predicted molar refractivity (Wildman–Crippen MR) is 72.4 cm³/mol. The molecule has 0 fully saturated rings. The number of nitriles is 2. The number of halogens is 1. The van der Waals surface area contributed by atoms with E-state index in [9.17, 15) is 0 Å². The first-order valence-corrected chi connectivity index (χ1v) is 5.90. The SMILES string of the molecule is N#Cc1ccc(NCc2cccnc2C#N)c(Cl)c1. The van der Waals surface area contributed by atoms with Crippen LogP contribution >= 0.6 is 11.6 Å². The van der Waals surface area contributed by atoms with Gasteiger partial charge >= 0.3 is 0 Å². The molecule has 2 aromatic rings. The molecule has 4 nitrogen and oxygen atoms in total. The Morgan fingerprint density at radius 1 is 1.21 bits per heavy atom. The number of hydrogen-bond donors (Lipinski definition) is 1. The molecular weight excluding hydrogens is 260 g/mol. The molecule has 0 aliphatic rings. The van der Waals surface area contributed by atoms with Crippen molar-refractivity contribution >= 4 is 17.3 Å². The van der Waals surface area contributed by atoms with Crippen molar-refractivity contribution in [3.63, 3.8) is 0 Å². The second-order valence-electron chi connectivity index (χ2n) is 3.78. The molecule has 0 aliphatic heterocycles. The van der Waals surface area contributed by atoms with Crippen LogP contribution in [0.1, 0.15) is 16.8 Å². The van der Waals surface area contributed by atoms with Gasteiger partial charge in [-0.1, -0.05) is 17.7 Å². The fraction of sp³-hybridized carbons (Fsp3) is 0.0714. The molecule has 0 saturated heterocycles. The third kappa shape index (κ3) is 3.01. The lowest BCUT2D eigenvalue weighted by Crippen LogP contribution is -2.03. The minimum absolute atomic E-state index is 0.389. The van der Waals surface area contributed by atoms with E-state index >= 15 is 0 Å². The molecule has 0 spiro atoms. The Bertz CT molecular complexity index is 683. The van der Waals surface area contributed by atoms with Gasteiger partial charge in [-0.05, 0) is 24.3 Å². The van der Waals surface area contributed by atoms with E-state index in [1.807, 2.05) is 18.2 Å². The lowest BCUT2D eigenvalue weighted by atomic mass is 10.2. The molecule has 0 bridgehead atoms. The molecule has 0 amide bonds. The molecule has 1 aromatic carbocycles. The van der Waals surface area contributed by atoms with E-state index in [4.69, 9.17) is 22.1 Å². The highest BCUT2D eigenvalue weighted by Crippen LogP contribution is 2.23. The third-order valence-corrected chi connectivity index (χ3v) is 2.88. The predicted octanol–water partition coefficient (Wildman–Crippen LogP) is 3.09. The van der Waals surface area contributed by atoms with Gasteiger partial charge in [-0.15, -0.1) is 0 Å². The average Bonchev–Trinajstić information content (AvgIpc) is 2.46. The molecular formula is C14H9ClN4. The van der Waals surface area contributed by atoms with Crippen molar-refractivity contribution in [2.24, 2.45) is 0 Å². The molecule has 2 rings (SSSR count). The lowest BCUT2D eigenvalue weighted by molar-refractivity contribution is 1.09. The zero-order valence-electron chi connectivity index (χ0n) is 9.89. The van der Waals surface area contributed by atoms with Gasteiger partial charge in [0.25, 0.3) is 0 Å². The number of nitrogens with one attached hydrogen (secondary N) is 1. The van der Waals surface area contributed by atoms with E-state index in [2.05, 4.69) is 10.3 Å². The molecule has 0 unspecified atom stereocenters. The van der Waals surface area contributed by atoms with Gasteiger partial charge in [0.1, 0.15) is 11.8 Å². The maximum absolute atomic E-state index is 8.94. The van der Waals surface area contributed by atoms with Crippen LogP contribution in [0.25, 0.3) is 0 Å². The maximum Gasteiger partial charge on any atom is 0.145 e. The molecule has 19 heavy (non-hydrogen) atoms. The summed E-state index contributed by atoms with van der Waals surface area (Å²) in [6.07, 6.45) is 1.58. The van der Waals surface area contributed by atoms with Crippen LogP contribution in [0.5, 0.6) is 0 Å². The van der Waals surface area contributed by atoms with Crippen LogP contribution in [0, 0.1) is 22.7 Å². The molecule has 1 aromatic heterocycles. The minimum Gasteiger partial charge on any atom is -0.380 e. The van der Waals surface area contributed by atoms with Crippen molar-refractivity contribution in [2.45, 2.75) is 6.54 Å². The van der Waals surface area contributed by atoms with Gasteiger partial charge in [0.2, 0.25) is 0 Å². The summed E-state index contributed by atoms with van der Waals surface area (Å²) >= 11 is 6.05. The van der Waals surface area contributed by atoms with Crippen LogP contribution in [0.4, 0.5) is 5.69 Å². The Hall–Kier alpha value is -2.56. The number of pyridine rings is 1. The fourth-order valence-electron chi connectivity index (χ4n) is 1.60. The summed E-state index contributed by atoms with van der Waals surface area (Å²) in [5.74, 6) is 0. The van der Waals surface area contributed by atoms with E-state index in [1.165, 1.54) is 0 Å². The number of hydrogen-bond acceptors (Lipinski definition) is 4. The van der Waals surface area contributed by atoms with Crippen molar-refractivity contribution in [3.05, 3.63) is 58.4 Å². The number of aromatic nitrogens is 1. The normalized spacial score (nSPS) is 9.42.